The van der Waals surface area contributed by atoms with Gasteiger partial charge in [0.15, 0.2) is 0 Å². The van der Waals surface area contributed by atoms with E-state index in [1.54, 1.807) is 0 Å². The highest BCUT2D eigenvalue weighted by Crippen LogP contribution is 2.30. The first-order valence-corrected chi connectivity index (χ1v) is 5.68. The summed E-state index contributed by atoms with van der Waals surface area (Å²) in [6.45, 7) is 4.37. The molecule has 0 bridgehead atoms. The number of aliphatic hydroxyl groups is 1. The summed E-state index contributed by atoms with van der Waals surface area (Å²) in [6, 6.07) is -0.0963. The van der Waals surface area contributed by atoms with Gasteiger partial charge in [-0.2, -0.15) is 0 Å². The highest BCUT2D eigenvalue weighted by atomic mass is 16.3. The van der Waals surface area contributed by atoms with Gasteiger partial charge in [0.1, 0.15) is 0 Å². The minimum atomic E-state index is -0.641. The fraction of sp³-hybridized carbons (Fsp3) is 0.909. The van der Waals surface area contributed by atoms with Crippen molar-refractivity contribution in [2.75, 3.05) is 6.54 Å². The maximum absolute atomic E-state index is 11.4. The Morgan fingerprint density at radius 2 is 2.13 bits per heavy atom. The number of nitrogens with two attached hydrogens (primary N) is 1. The number of rotatable bonds is 5. The molecule has 4 nitrogen and oxygen atoms in total. The largest absolute Gasteiger partial charge is 0.388 e. The van der Waals surface area contributed by atoms with Crippen LogP contribution in [0.3, 0.4) is 0 Å². The van der Waals surface area contributed by atoms with E-state index in [0.29, 0.717) is 18.9 Å². The first-order valence-electron chi connectivity index (χ1n) is 5.68. The van der Waals surface area contributed by atoms with E-state index in [1.165, 1.54) is 0 Å². The monoisotopic (exact) mass is 214 g/mol. The number of carbonyl (C=O) groups is 1. The van der Waals surface area contributed by atoms with E-state index in [-0.39, 0.29) is 11.9 Å². The van der Waals surface area contributed by atoms with Crippen LogP contribution in [0, 0.1) is 5.92 Å². The van der Waals surface area contributed by atoms with Crippen LogP contribution in [-0.2, 0) is 4.79 Å². The molecular formula is C11H22N2O2. The Labute approximate surface area is 91.2 Å². The first kappa shape index (κ1) is 12.5. The number of nitrogens with one attached hydrogen (secondary N) is 1. The van der Waals surface area contributed by atoms with E-state index in [9.17, 15) is 9.90 Å². The molecule has 1 atom stereocenters. The van der Waals surface area contributed by atoms with E-state index in [2.05, 4.69) is 5.32 Å². The molecule has 0 aromatic heterocycles. The Bertz CT molecular complexity index is 225. The summed E-state index contributed by atoms with van der Waals surface area (Å²) in [6.07, 6.45) is 2.98. The second-order valence-corrected chi connectivity index (χ2v) is 4.97. The van der Waals surface area contributed by atoms with Crippen molar-refractivity contribution in [3.05, 3.63) is 0 Å². The minimum absolute atomic E-state index is 0.0588. The molecule has 1 aliphatic carbocycles. The second kappa shape index (κ2) is 4.94. The van der Waals surface area contributed by atoms with Gasteiger partial charge in [0.2, 0.25) is 5.91 Å². The molecule has 15 heavy (non-hydrogen) atoms. The van der Waals surface area contributed by atoms with Gasteiger partial charge in [0.25, 0.3) is 0 Å². The standard InChI is InChI=1S/C11H22N2O2/c1-8(2)9(12)6-10(14)13-7-11(15)4-3-5-11/h8-9,15H,3-7,12H2,1-2H3,(H,13,14). The Balaban J connectivity index is 2.18. The maximum atomic E-state index is 11.4. The lowest BCUT2D eigenvalue weighted by molar-refractivity contribution is -0.124. The molecule has 0 radical (unpaired) electrons. The number of carbonyl (C=O) groups excluding carboxylic acids is 1. The average Bonchev–Trinajstić information content (AvgIpc) is 2.11. The number of hydrogen-bond donors (Lipinski definition) is 3. The Morgan fingerprint density at radius 1 is 1.53 bits per heavy atom. The molecule has 4 heteroatoms. The molecule has 88 valence electrons. The molecule has 0 heterocycles. The van der Waals surface area contributed by atoms with E-state index >= 15 is 0 Å². The molecule has 1 aliphatic rings. The van der Waals surface area contributed by atoms with Crippen molar-refractivity contribution in [2.24, 2.45) is 11.7 Å². The summed E-state index contributed by atoms with van der Waals surface area (Å²) in [4.78, 5) is 11.4. The predicted octanol–water partition coefficient (Wildman–Crippen LogP) is 0.391. The quantitative estimate of drug-likeness (QED) is 0.619. The second-order valence-electron chi connectivity index (χ2n) is 4.97. The van der Waals surface area contributed by atoms with Gasteiger partial charge in [-0.15, -0.1) is 0 Å². The number of amides is 1. The average molecular weight is 214 g/mol. The SMILES string of the molecule is CC(C)C(N)CC(=O)NCC1(O)CCC1. The smallest absolute Gasteiger partial charge is 0.221 e. The molecule has 0 aromatic carbocycles. The zero-order chi connectivity index (χ0) is 11.5. The Hall–Kier alpha value is -0.610. The summed E-state index contributed by atoms with van der Waals surface area (Å²) in [7, 11) is 0. The molecular weight excluding hydrogens is 192 g/mol. The third kappa shape index (κ3) is 3.80. The lowest BCUT2D eigenvalue weighted by Crippen LogP contribution is -2.48. The van der Waals surface area contributed by atoms with Crippen LogP contribution >= 0.6 is 0 Å². The van der Waals surface area contributed by atoms with Gasteiger partial charge in [-0.1, -0.05) is 13.8 Å². The van der Waals surface area contributed by atoms with Crippen molar-refractivity contribution in [1.82, 2.24) is 5.32 Å². The van der Waals surface area contributed by atoms with Crippen molar-refractivity contribution in [3.8, 4) is 0 Å². The molecule has 0 spiro atoms. The Kier molecular flexibility index (Phi) is 4.11. The maximum Gasteiger partial charge on any atom is 0.221 e. The zero-order valence-corrected chi connectivity index (χ0v) is 9.62. The van der Waals surface area contributed by atoms with Gasteiger partial charge in [-0.25, -0.2) is 0 Å². The highest BCUT2D eigenvalue weighted by molar-refractivity contribution is 5.76. The molecule has 0 aromatic rings. The lowest BCUT2D eigenvalue weighted by Gasteiger charge is -2.36. The van der Waals surface area contributed by atoms with Crippen LogP contribution in [-0.4, -0.2) is 29.2 Å². The van der Waals surface area contributed by atoms with Crippen LogP contribution in [0.1, 0.15) is 39.5 Å². The molecule has 4 N–H and O–H groups in total. The zero-order valence-electron chi connectivity index (χ0n) is 9.62. The van der Waals surface area contributed by atoms with Gasteiger partial charge in [0, 0.05) is 19.0 Å². The van der Waals surface area contributed by atoms with Crippen LogP contribution in [0.15, 0.2) is 0 Å². The molecule has 1 fully saturated rings. The van der Waals surface area contributed by atoms with Crippen LogP contribution < -0.4 is 11.1 Å². The van der Waals surface area contributed by atoms with Gasteiger partial charge >= 0.3 is 0 Å². The van der Waals surface area contributed by atoms with Gasteiger partial charge in [0.05, 0.1) is 5.60 Å². The van der Waals surface area contributed by atoms with Crippen molar-refractivity contribution in [3.63, 3.8) is 0 Å². The van der Waals surface area contributed by atoms with E-state index in [1.807, 2.05) is 13.8 Å². The molecule has 0 aliphatic heterocycles. The summed E-state index contributed by atoms with van der Waals surface area (Å²) >= 11 is 0. The summed E-state index contributed by atoms with van der Waals surface area (Å²) < 4.78 is 0. The van der Waals surface area contributed by atoms with Crippen LogP contribution in [0.2, 0.25) is 0 Å². The summed E-state index contributed by atoms with van der Waals surface area (Å²) in [5, 5.41) is 12.5. The molecule has 1 saturated carbocycles. The molecule has 1 unspecified atom stereocenters. The van der Waals surface area contributed by atoms with Crippen molar-refractivity contribution in [2.45, 2.75) is 51.2 Å². The van der Waals surface area contributed by atoms with Crippen LogP contribution in [0.5, 0.6) is 0 Å². The lowest BCUT2D eigenvalue weighted by atomic mass is 9.80. The van der Waals surface area contributed by atoms with Gasteiger partial charge in [-0.05, 0) is 25.2 Å². The van der Waals surface area contributed by atoms with Crippen molar-refractivity contribution < 1.29 is 9.90 Å². The Morgan fingerprint density at radius 3 is 2.53 bits per heavy atom. The number of hydrogen-bond acceptors (Lipinski definition) is 3. The van der Waals surface area contributed by atoms with Crippen molar-refractivity contribution >= 4 is 5.91 Å². The van der Waals surface area contributed by atoms with Crippen LogP contribution in [0.25, 0.3) is 0 Å². The minimum Gasteiger partial charge on any atom is -0.388 e. The van der Waals surface area contributed by atoms with E-state index in [4.69, 9.17) is 5.73 Å². The van der Waals surface area contributed by atoms with E-state index < -0.39 is 5.60 Å². The molecule has 0 saturated heterocycles. The third-order valence-corrected chi connectivity index (χ3v) is 3.18. The van der Waals surface area contributed by atoms with Crippen LogP contribution in [0.4, 0.5) is 0 Å². The molecule has 1 rings (SSSR count). The topological polar surface area (TPSA) is 75.4 Å². The highest BCUT2D eigenvalue weighted by Gasteiger charge is 2.34. The van der Waals surface area contributed by atoms with Crippen molar-refractivity contribution in [1.29, 1.82) is 0 Å². The first-order chi connectivity index (χ1) is 6.93. The normalized spacial score (nSPS) is 20.9. The van der Waals surface area contributed by atoms with E-state index in [0.717, 1.165) is 19.3 Å². The molecule has 1 amide bonds. The summed E-state index contributed by atoms with van der Waals surface area (Å²) in [5.74, 6) is 0.249. The van der Waals surface area contributed by atoms with Gasteiger partial charge < -0.3 is 16.2 Å². The third-order valence-electron chi connectivity index (χ3n) is 3.18. The summed E-state index contributed by atoms with van der Waals surface area (Å²) in [5.41, 5.74) is 5.14. The fourth-order valence-electron chi connectivity index (χ4n) is 1.55. The fourth-order valence-corrected chi connectivity index (χ4v) is 1.55. The van der Waals surface area contributed by atoms with Gasteiger partial charge in [-0.3, -0.25) is 4.79 Å². The predicted molar refractivity (Wildman–Crippen MR) is 59.2 cm³/mol.